The number of allylic oxidation sites excluding steroid dienone is 1. The van der Waals surface area contributed by atoms with Crippen molar-refractivity contribution in [2.45, 2.75) is 58.0 Å². The lowest BCUT2D eigenvalue weighted by molar-refractivity contribution is -0.0665. The highest BCUT2D eigenvalue weighted by Gasteiger charge is 2.69. The third-order valence-corrected chi connectivity index (χ3v) is 8.08. The Kier molecular flexibility index (Phi) is 5.14. The summed E-state index contributed by atoms with van der Waals surface area (Å²) in [5, 5.41) is 26.0. The van der Waals surface area contributed by atoms with E-state index in [1.165, 1.54) is 6.08 Å². The first kappa shape index (κ1) is 24.6. The molecule has 3 aliphatic carbocycles. The average Bonchev–Trinajstić information content (AvgIpc) is 3.33. The Hall–Kier alpha value is -4.70. The van der Waals surface area contributed by atoms with Gasteiger partial charge >= 0.3 is 0 Å². The van der Waals surface area contributed by atoms with Crippen LogP contribution in [0.4, 0.5) is 11.6 Å². The van der Waals surface area contributed by atoms with Crippen molar-refractivity contribution in [1.82, 2.24) is 19.7 Å². The van der Waals surface area contributed by atoms with Crippen molar-refractivity contribution in [2.75, 3.05) is 10.2 Å². The molecule has 3 saturated carbocycles. The first-order valence-corrected chi connectivity index (χ1v) is 12.8. The summed E-state index contributed by atoms with van der Waals surface area (Å²) in [6.45, 7) is 7.77. The molecule has 1 aromatic carbocycles. The lowest BCUT2D eigenvalue weighted by atomic mass is 9.40. The number of nitrogens with zero attached hydrogens (tertiary/aromatic N) is 7. The van der Waals surface area contributed by atoms with E-state index >= 15 is 0 Å². The van der Waals surface area contributed by atoms with Crippen LogP contribution in [-0.2, 0) is 12.6 Å². The third kappa shape index (κ3) is 3.67. The summed E-state index contributed by atoms with van der Waals surface area (Å²) >= 11 is 0. The number of ether oxygens (including phenoxy) is 1. The molecule has 3 aromatic rings. The van der Waals surface area contributed by atoms with Gasteiger partial charge < -0.3 is 10.1 Å². The highest BCUT2D eigenvalue weighted by molar-refractivity contribution is 6.11. The molecule has 1 amide bonds. The number of nitriles is 2. The lowest BCUT2D eigenvalue weighted by Gasteiger charge is -2.66. The van der Waals surface area contributed by atoms with Gasteiger partial charge in [-0.3, -0.25) is 14.4 Å². The number of nitrogens with one attached hydrogen (secondary N) is 1. The third-order valence-electron chi connectivity index (χ3n) is 8.08. The molecule has 0 unspecified atom stereocenters. The van der Waals surface area contributed by atoms with Gasteiger partial charge in [0.05, 0.1) is 40.5 Å². The zero-order chi connectivity index (χ0) is 27.7. The van der Waals surface area contributed by atoms with Crippen LogP contribution in [0.3, 0.4) is 0 Å². The number of hydrogen-bond donors (Lipinski definition) is 1. The molecule has 3 heterocycles. The van der Waals surface area contributed by atoms with E-state index in [0.29, 0.717) is 28.8 Å². The van der Waals surface area contributed by atoms with Crippen LogP contribution in [0.1, 0.15) is 65.9 Å². The van der Waals surface area contributed by atoms with Crippen LogP contribution in [0.15, 0.2) is 30.6 Å². The van der Waals surface area contributed by atoms with Gasteiger partial charge in [-0.05, 0) is 81.9 Å². The highest BCUT2D eigenvalue weighted by Crippen LogP contribution is 2.67. The number of aryl methyl sites for hydroxylation is 3. The highest BCUT2D eigenvalue weighted by atomic mass is 16.5. The van der Waals surface area contributed by atoms with Crippen molar-refractivity contribution in [3.63, 3.8) is 0 Å². The number of aromatic nitrogens is 4. The van der Waals surface area contributed by atoms with E-state index in [1.807, 2.05) is 45.9 Å². The van der Waals surface area contributed by atoms with Crippen LogP contribution in [0.2, 0.25) is 0 Å². The maximum Gasteiger partial charge on any atom is 0.278 e. The molecule has 2 aromatic heterocycles. The molecule has 10 heteroatoms. The van der Waals surface area contributed by atoms with Crippen LogP contribution in [0.5, 0.6) is 11.6 Å². The van der Waals surface area contributed by atoms with E-state index in [2.05, 4.69) is 16.5 Å². The van der Waals surface area contributed by atoms with Crippen LogP contribution in [-0.4, -0.2) is 31.2 Å². The van der Waals surface area contributed by atoms with Crippen LogP contribution < -0.4 is 15.0 Å². The second kappa shape index (κ2) is 8.15. The molecule has 4 aliphatic rings. The van der Waals surface area contributed by atoms with Crippen molar-refractivity contribution in [3.8, 4) is 23.8 Å². The zero-order valence-electron chi connectivity index (χ0n) is 22.5. The van der Waals surface area contributed by atoms with E-state index in [9.17, 15) is 10.1 Å². The Balaban J connectivity index is 1.44. The molecule has 196 valence electrons. The number of anilines is 2. The number of carbonyl (C=O) groups excluding carboxylic acids is 1. The van der Waals surface area contributed by atoms with Gasteiger partial charge in [0.1, 0.15) is 11.4 Å². The van der Waals surface area contributed by atoms with E-state index in [1.54, 1.807) is 35.1 Å². The molecule has 10 nitrogen and oxygen atoms in total. The van der Waals surface area contributed by atoms with Crippen molar-refractivity contribution in [3.05, 3.63) is 58.6 Å². The minimum atomic E-state index is -0.818. The number of carbonyl (C=O) groups is 1. The van der Waals surface area contributed by atoms with Gasteiger partial charge in [-0.2, -0.15) is 20.6 Å². The first-order chi connectivity index (χ1) is 18.5. The van der Waals surface area contributed by atoms with E-state index < -0.39 is 5.54 Å². The van der Waals surface area contributed by atoms with Crippen molar-refractivity contribution in [1.29, 1.82) is 10.5 Å². The van der Waals surface area contributed by atoms with Gasteiger partial charge in [0.15, 0.2) is 0 Å². The molecule has 7 rings (SSSR count). The first-order valence-electron chi connectivity index (χ1n) is 12.8. The van der Waals surface area contributed by atoms with Crippen molar-refractivity contribution in [2.24, 2.45) is 12.5 Å². The fourth-order valence-corrected chi connectivity index (χ4v) is 6.46. The van der Waals surface area contributed by atoms with Gasteiger partial charge in [0, 0.05) is 24.9 Å². The Morgan fingerprint density at radius 2 is 1.82 bits per heavy atom. The minimum absolute atomic E-state index is 0.220. The predicted octanol–water partition coefficient (Wildman–Crippen LogP) is 4.91. The van der Waals surface area contributed by atoms with E-state index in [-0.39, 0.29) is 22.6 Å². The molecule has 3 fully saturated rings. The van der Waals surface area contributed by atoms with Crippen LogP contribution >= 0.6 is 0 Å². The maximum absolute atomic E-state index is 13.9. The van der Waals surface area contributed by atoms with Gasteiger partial charge in [0.2, 0.25) is 11.8 Å². The smallest absolute Gasteiger partial charge is 0.278 e. The van der Waals surface area contributed by atoms with E-state index in [0.717, 1.165) is 36.0 Å². The summed E-state index contributed by atoms with van der Waals surface area (Å²) in [6, 6.07) is 8.32. The summed E-state index contributed by atoms with van der Waals surface area (Å²) in [6.07, 6.45) is 8.86. The van der Waals surface area contributed by atoms with E-state index in [4.69, 9.17) is 20.0 Å². The molecular weight excluding hydrogens is 492 g/mol. The fraction of sp³-hybridized carbons (Fsp3) is 0.379. The Bertz CT molecular complexity index is 1630. The molecule has 2 bridgehead atoms. The molecule has 0 radical (unpaired) electrons. The molecule has 1 aliphatic heterocycles. The second-order valence-electron chi connectivity index (χ2n) is 11.5. The molecular formula is C29H28N8O2. The largest absolute Gasteiger partial charge is 0.438 e. The minimum Gasteiger partial charge on any atom is -0.438 e. The molecule has 0 atom stereocenters. The Morgan fingerprint density at radius 3 is 2.41 bits per heavy atom. The van der Waals surface area contributed by atoms with Crippen LogP contribution in [0.25, 0.3) is 6.08 Å². The maximum atomic E-state index is 13.9. The quantitative estimate of drug-likeness (QED) is 0.453. The zero-order valence-corrected chi connectivity index (χ0v) is 22.5. The summed E-state index contributed by atoms with van der Waals surface area (Å²) < 4.78 is 8.20. The van der Waals surface area contributed by atoms with Gasteiger partial charge in [0.25, 0.3) is 5.91 Å². The van der Waals surface area contributed by atoms with Crippen molar-refractivity contribution >= 4 is 23.6 Å². The SMILES string of the molecule is Cc1cc(/C=C/C#N)cc(C)c1Oc1nc(NC23CC(C#N)(C2)C3)nc2c1C(C)(C)N(c1cnn(C)c1)C2=O. The summed E-state index contributed by atoms with van der Waals surface area (Å²) in [7, 11) is 1.80. The van der Waals surface area contributed by atoms with Gasteiger partial charge in [-0.1, -0.05) is 0 Å². The summed E-state index contributed by atoms with van der Waals surface area (Å²) in [5.41, 5.74) is 2.89. The summed E-state index contributed by atoms with van der Waals surface area (Å²) in [5.74, 6) is 0.999. The number of amides is 1. The van der Waals surface area contributed by atoms with Gasteiger partial charge in [-0.15, -0.1) is 0 Å². The van der Waals surface area contributed by atoms with Crippen LogP contribution in [0, 0.1) is 41.9 Å². The number of rotatable bonds is 6. The average molecular weight is 521 g/mol. The predicted molar refractivity (Wildman–Crippen MR) is 144 cm³/mol. The monoisotopic (exact) mass is 520 g/mol. The number of fused-ring (bicyclic) bond motifs is 1. The molecule has 1 N–H and O–H groups in total. The fourth-order valence-electron chi connectivity index (χ4n) is 6.46. The lowest BCUT2D eigenvalue weighted by Crippen LogP contribution is -2.70. The molecule has 0 saturated heterocycles. The number of benzene rings is 1. The van der Waals surface area contributed by atoms with Gasteiger partial charge in [-0.25, -0.2) is 4.98 Å². The molecule has 39 heavy (non-hydrogen) atoms. The Labute approximate surface area is 226 Å². The van der Waals surface area contributed by atoms with Crippen molar-refractivity contribution < 1.29 is 9.53 Å². The second-order valence-corrected chi connectivity index (χ2v) is 11.5. The standard InChI is InChI=1S/C29H28N8O2/c1-17-9-19(7-6-8-30)10-18(2)23(17)39-24-21-22(25(38)37(27(21,3)4)20-11-32-36(5)12-20)33-26(34-24)35-29-13-28(14-29,15-29)16-31/h6-7,9-12H,13-15H2,1-5H3,(H,33,34,35)/b7-6+. The summed E-state index contributed by atoms with van der Waals surface area (Å²) in [4.78, 5) is 25.0. The Morgan fingerprint density at radius 1 is 1.13 bits per heavy atom. The normalized spacial score (nSPS) is 24.0. The topological polar surface area (TPSA) is 133 Å². The number of hydrogen-bond acceptors (Lipinski definition) is 8. The molecule has 0 spiro atoms.